The lowest BCUT2D eigenvalue weighted by Gasteiger charge is -2.22. The molecule has 2 aromatic rings. The van der Waals surface area contributed by atoms with Crippen molar-refractivity contribution in [3.63, 3.8) is 0 Å². The Labute approximate surface area is 138 Å². The van der Waals surface area contributed by atoms with Gasteiger partial charge in [-0.15, -0.1) is 0 Å². The van der Waals surface area contributed by atoms with Crippen LogP contribution in [0.15, 0.2) is 29.5 Å². The molecule has 0 bridgehead atoms. The Morgan fingerprint density at radius 2 is 2.00 bits per heavy atom. The molecule has 0 amide bonds. The van der Waals surface area contributed by atoms with E-state index in [1.807, 2.05) is 39.3 Å². The summed E-state index contributed by atoms with van der Waals surface area (Å²) in [7, 11) is 11.9. The van der Waals surface area contributed by atoms with Crippen LogP contribution in [0.5, 0.6) is 0 Å². The summed E-state index contributed by atoms with van der Waals surface area (Å²) >= 11 is 0. The van der Waals surface area contributed by atoms with Crippen molar-refractivity contribution in [2.24, 2.45) is 19.1 Å². The van der Waals surface area contributed by atoms with E-state index in [1.54, 1.807) is 7.05 Å². The first-order chi connectivity index (χ1) is 10.9. The van der Waals surface area contributed by atoms with Crippen molar-refractivity contribution < 1.29 is 0 Å². The minimum atomic E-state index is 0.682. The second kappa shape index (κ2) is 7.21. The van der Waals surface area contributed by atoms with Gasteiger partial charge in [-0.1, -0.05) is 0 Å². The molecule has 23 heavy (non-hydrogen) atoms. The predicted molar refractivity (Wildman–Crippen MR) is 94.6 cm³/mol. The largest absolute Gasteiger partial charge is 0.353 e. The molecule has 0 unspecified atom stereocenters. The van der Waals surface area contributed by atoms with Gasteiger partial charge in [0.05, 0.1) is 25.0 Å². The van der Waals surface area contributed by atoms with E-state index in [9.17, 15) is 0 Å². The number of anilines is 1. The monoisotopic (exact) mass is 317 g/mol. The highest BCUT2D eigenvalue weighted by molar-refractivity contribution is 5.79. The number of hydrogen-bond donors (Lipinski definition) is 1. The second-order valence-electron chi connectivity index (χ2n) is 5.87. The number of imidazole rings is 1. The SMILES string of the molecule is CN=C(NCc1cnc(N(C)C)n1C)N(C)Cc1cccn1C. The Morgan fingerprint density at radius 3 is 2.52 bits per heavy atom. The molecule has 0 saturated carbocycles. The third kappa shape index (κ3) is 3.85. The summed E-state index contributed by atoms with van der Waals surface area (Å²) in [6.07, 6.45) is 3.95. The van der Waals surface area contributed by atoms with Gasteiger partial charge in [0.2, 0.25) is 5.95 Å². The van der Waals surface area contributed by atoms with Crippen molar-refractivity contribution >= 4 is 11.9 Å². The van der Waals surface area contributed by atoms with Crippen LogP contribution in [0.4, 0.5) is 5.95 Å². The van der Waals surface area contributed by atoms with Crippen LogP contribution >= 0.6 is 0 Å². The summed E-state index contributed by atoms with van der Waals surface area (Å²) in [4.78, 5) is 12.9. The maximum Gasteiger partial charge on any atom is 0.204 e. The van der Waals surface area contributed by atoms with Crippen LogP contribution in [-0.4, -0.2) is 53.2 Å². The van der Waals surface area contributed by atoms with Gasteiger partial charge in [-0.2, -0.15) is 0 Å². The lowest BCUT2D eigenvalue weighted by Crippen LogP contribution is -2.38. The summed E-state index contributed by atoms with van der Waals surface area (Å²) in [5, 5.41) is 3.40. The standard InChI is InChI=1S/C16H27N7/c1-17-15(22(5)12-13-8-7-9-21(13)4)18-10-14-11-19-16(20(2)3)23(14)6/h7-9,11H,10,12H2,1-6H3,(H,17,18). The first-order valence-corrected chi connectivity index (χ1v) is 7.64. The highest BCUT2D eigenvalue weighted by atomic mass is 15.3. The Hall–Kier alpha value is -2.44. The van der Waals surface area contributed by atoms with Crippen LogP contribution in [0.2, 0.25) is 0 Å². The van der Waals surface area contributed by atoms with Gasteiger partial charge in [0, 0.05) is 54.2 Å². The minimum absolute atomic E-state index is 0.682. The maximum atomic E-state index is 4.43. The number of aromatic nitrogens is 3. The lowest BCUT2D eigenvalue weighted by molar-refractivity contribution is 0.460. The molecule has 0 radical (unpaired) electrons. The molecule has 0 aromatic carbocycles. The highest BCUT2D eigenvalue weighted by Gasteiger charge is 2.11. The zero-order valence-corrected chi connectivity index (χ0v) is 14.9. The number of guanidine groups is 1. The molecule has 2 heterocycles. The number of rotatable bonds is 5. The molecule has 0 aliphatic carbocycles. The van der Waals surface area contributed by atoms with Gasteiger partial charge in [-0.05, 0) is 12.1 Å². The van der Waals surface area contributed by atoms with E-state index in [4.69, 9.17) is 0 Å². The molecule has 7 nitrogen and oxygen atoms in total. The fourth-order valence-corrected chi connectivity index (χ4v) is 2.55. The van der Waals surface area contributed by atoms with Gasteiger partial charge in [-0.3, -0.25) is 4.99 Å². The Morgan fingerprint density at radius 1 is 1.26 bits per heavy atom. The average molecular weight is 317 g/mol. The van der Waals surface area contributed by atoms with Crippen molar-refractivity contribution in [1.29, 1.82) is 0 Å². The van der Waals surface area contributed by atoms with Crippen LogP contribution in [-0.2, 0) is 27.2 Å². The predicted octanol–water partition coefficient (Wildman–Crippen LogP) is 1.03. The molecule has 2 rings (SSSR count). The fourth-order valence-electron chi connectivity index (χ4n) is 2.55. The van der Waals surface area contributed by atoms with E-state index < -0.39 is 0 Å². The van der Waals surface area contributed by atoms with E-state index in [0.29, 0.717) is 6.54 Å². The topological polar surface area (TPSA) is 53.6 Å². The Bertz CT molecular complexity index is 666. The number of nitrogens with zero attached hydrogens (tertiary/aromatic N) is 6. The summed E-state index contributed by atoms with van der Waals surface area (Å²) in [6, 6.07) is 4.17. The molecule has 1 N–H and O–H groups in total. The van der Waals surface area contributed by atoms with Gasteiger partial charge < -0.3 is 24.3 Å². The third-order valence-corrected chi connectivity index (χ3v) is 3.91. The lowest BCUT2D eigenvalue weighted by atomic mass is 10.4. The molecular formula is C16H27N7. The number of aryl methyl sites for hydroxylation is 1. The quantitative estimate of drug-likeness (QED) is 0.661. The smallest absolute Gasteiger partial charge is 0.204 e. The van der Waals surface area contributed by atoms with Crippen LogP contribution in [0, 0.1) is 0 Å². The van der Waals surface area contributed by atoms with Crippen LogP contribution < -0.4 is 10.2 Å². The van der Waals surface area contributed by atoms with Crippen LogP contribution in [0.25, 0.3) is 0 Å². The Balaban J connectivity index is 1.99. The second-order valence-corrected chi connectivity index (χ2v) is 5.87. The van der Waals surface area contributed by atoms with Crippen molar-refractivity contribution in [1.82, 2.24) is 24.3 Å². The highest BCUT2D eigenvalue weighted by Crippen LogP contribution is 2.11. The van der Waals surface area contributed by atoms with E-state index in [2.05, 4.69) is 54.7 Å². The zero-order chi connectivity index (χ0) is 17.0. The zero-order valence-electron chi connectivity index (χ0n) is 14.9. The maximum absolute atomic E-state index is 4.43. The molecule has 126 valence electrons. The van der Waals surface area contributed by atoms with Crippen molar-refractivity contribution in [2.45, 2.75) is 13.1 Å². The van der Waals surface area contributed by atoms with Crippen LogP contribution in [0.1, 0.15) is 11.4 Å². The summed E-state index contributed by atoms with van der Waals surface area (Å²) in [5.41, 5.74) is 2.35. The molecule has 0 saturated heterocycles. The third-order valence-electron chi connectivity index (χ3n) is 3.91. The summed E-state index contributed by atoms with van der Waals surface area (Å²) in [6.45, 7) is 1.49. The molecule has 0 aliphatic heterocycles. The van der Waals surface area contributed by atoms with Crippen molar-refractivity contribution in [3.8, 4) is 0 Å². The molecule has 0 aliphatic rings. The molecule has 0 fully saturated rings. The van der Waals surface area contributed by atoms with E-state index in [-0.39, 0.29) is 0 Å². The van der Waals surface area contributed by atoms with E-state index >= 15 is 0 Å². The summed E-state index contributed by atoms with van der Waals surface area (Å²) < 4.78 is 4.20. The van der Waals surface area contributed by atoms with Gasteiger partial charge in [0.15, 0.2) is 5.96 Å². The number of aliphatic imine (C=N–C) groups is 1. The van der Waals surface area contributed by atoms with E-state index in [0.717, 1.165) is 24.1 Å². The molecule has 0 spiro atoms. The Kier molecular flexibility index (Phi) is 5.31. The molecule has 7 heteroatoms. The first-order valence-electron chi connectivity index (χ1n) is 7.64. The molecule has 0 atom stereocenters. The molecule has 2 aromatic heterocycles. The van der Waals surface area contributed by atoms with Gasteiger partial charge >= 0.3 is 0 Å². The van der Waals surface area contributed by atoms with Crippen molar-refractivity contribution in [2.75, 3.05) is 33.1 Å². The molecular weight excluding hydrogens is 290 g/mol. The summed E-state index contributed by atoms with van der Waals surface area (Å²) in [5.74, 6) is 1.80. The van der Waals surface area contributed by atoms with Gasteiger partial charge in [0.25, 0.3) is 0 Å². The number of nitrogens with one attached hydrogen (secondary N) is 1. The van der Waals surface area contributed by atoms with Crippen molar-refractivity contribution in [3.05, 3.63) is 35.9 Å². The first kappa shape index (κ1) is 16.9. The van der Waals surface area contributed by atoms with Gasteiger partial charge in [-0.25, -0.2) is 4.98 Å². The number of hydrogen-bond acceptors (Lipinski definition) is 3. The fraction of sp³-hybridized carbons (Fsp3) is 0.500. The normalized spacial score (nSPS) is 11.7. The van der Waals surface area contributed by atoms with Gasteiger partial charge in [0.1, 0.15) is 0 Å². The average Bonchev–Trinajstić information content (AvgIpc) is 3.06. The van der Waals surface area contributed by atoms with Crippen LogP contribution in [0.3, 0.4) is 0 Å². The van der Waals surface area contributed by atoms with E-state index in [1.165, 1.54) is 5.69 Å². The minimum Gasteiger partial charge on any atom is -0.353 e.